The molecule has 5 nitrogen and oxygen atoms in total. The number of nitrogens with zero attached hydrogens (tertiary/aromatic N) is 2. The van der Waals surface area contributed by atoms with Gasteiger partial charge in [0.15, 0.2) is 0 Å². The lowest BCUT2D eigenvalue weighted by atomic mass is 10.1. The minimum atomic E-state index is -0.0140. The van der Waals surface area contributed by atoms with Gasteiger partial charge in [-0.2, -0.15) is 0 Å². The Balaban J connectivity index is 0.00000280. The summed E-state index contributed by atoms with van der Waals surface area (Å²) in [6.45, 7) is 4.90. The highest BCUT2D eigenvalue weighted by Gasteiger charge is 2.18. The molecule has 0 fully saturated rings. The molecule has 0 saturated carbocycles. The van der Waals surface area contributed by atoms with Gasteiger partial charge in [-0.15, -0.1) is 12.4 Å². The number of anilines is 1. The van der Waals surface area contributed by atoms with Crippen LogP contribution in [0.5, 0.6) is 0 Å². The fraction of sp³-hybridized carbons (Fsp3) is 0.381. The first-order chi connectivity index (χ1) is 13.2. The number of hydrogen-bond acceptors (Lipinski definition) is 4. The van der Waals surface area contributed by atoms with Gasteiger partial charge in [-0.1, -0.05) is 46.3 Å². The lowest BCUT2D eigenvalue weighted by Gasteiger charge is -2.27. The zero-order valence-electron chi connectivity index (χ0n) is 15.9. The number of fused-ring (bicyclic) bond motifs is 1. The number of carbonyl (C=O) groups is 1. The molecule has 152 valence electrons. The molecule has 0 atom stereocenters. The van der Waals surface area contributed by atoms with Crippen LogP contribution in [0.1, 0.15) is 17.5 Å². The molecule has 0 aromatic heterocycles. The fourth-order valence-corrected chi connectivity index (χ4v) is 3.80. The molecule has 2 aromatic rings. The van der Waals surface area contributed by atoms with Gasteiger partial charge < -0.3 is 16.0 Å². The van der Waals surface area contributed by atoms with Crippen LogP contribution in [0.4, 0.5) is 5.69 Å². The number of rotatable bonds is 3. The van der Waals surface area contributed by atoms with Crippen molar-refractivity contribution in [1.82, 2.24) is 9.80 Å². The van der Waals surface area contributed by atoms with Gasteiger partial charge in [0.1, 0.15) is 0 Å². The number of carbonyl (C=O) groups excluding carboxylic acids is 1. The highest BCUT2D eigenvalue weighted by molar-refractivity contribution is 9.10. The molecule has 1 heterocycles. The van der Waals surface area contributed by atoms with E-state index in [4.69, 9.17) is 5.73 Å². The first-order valence-corrected chi connectivity index (χ1v) is 10.2. The van der Waals surface area contributed by atoms with Crippen molar-refractivity contribution in [3.8, 4) is 0 Å². The topological polar surface area (TPSA) is 61.6 Å². The first-order valence-electron chi connectivity index (χ1n) is 9.42. The van der Waals surface area contributed by atoms with Crippen LogP contribution in [-0.2, 0) is 17.9 Å². The fourth-order valence-electron chi connectivity index (χ4n) is 3.39. The summed E-state index contributed by atoms with van der Waals surface area (Å²) in [6, 6.07) is 16.7. The molecule has 1 aliphatic rings. The molecule has 0 saturated heterocycles. The molecule has 0 bridgehead atoms. The SMILES string of the molecule is Cl.NCC(=O)N1CCN(Cc2ccccc2)CCCNc2ccc(Br)cc2C1. The molecule has 7 heteroatoms. The molecule has 1 aliphatic heterocycles. The van der Waals surface area contributed by atoms with E-state index in [-0.39, 0.29) is 24.9 Å². The van der Waals surface area contributed by atoms with E-state index in [9.17, 15) is 4.79 Å². The van der Waals surface area contributed by atoms with Gasteiger partial charge in [0.2, 0.25) is 5.91 Å². The Labute approximate surface area is 181 Å². The number of nitrogens with one attached hydrogen (secondary N) is 1. The Morgan fingerprint density at radius 1 is 1.11 bits per heavy atom. The van der Waals surface area contributed by atoms with E-state index in [0.29, 0.717) is 13.1 Å². The van der Waals surface area contributed by atoms with Gasteiger partial charge in [-0.05, 0) is 35.7 Å². The van der Waals surface area contributed by atoms with E-state index in [2.05, 4.69) is 62.5 Å². The summed E-state index contributed by atoms with van der Waals surface area (Å²) in [7, 11) is 0. The van der Waals surface area contributed by atoms with Crippen molar-refractivity contribution in [2.45, 2.75) is 19.5 Å². The third-order valence-corrected chi connectivity index (χ3v) is 5.35. The van der Waals surface area contributed by atoms with Crippen LogP contribution < -0.4 is 11.1 Å². The van der Waals surface area contributed by atoms with E-state index in [0.717, 1.165) is 48.3 Å². The maximum absolute atomic E-state index is 12.4. The maximum Gasteiger partial charge on any atom is 0.236 e. The van der Waals surface area contributed by atoms with E-state index >= 15 is 0 Å². The second kappa shape index (κ2) is 11.4. The van der Waals surface area contributed by atoms with Gasteiger partial charge in [-0.3, -0.25) is 9.69 Å². The predicted molar refractivity (Wildman–Crippen MR) is 121 cm³/mol. The summed E-state index contributed by atoms with van der Waals surface area (Å²) < 4.78 is 1.02. The van der Waals surface area contributed by atoms with Crippen LogP contribution in [-0.4, -0.2) is 48.4 Å². The Hall–Kier alpha value is -1.60. The van der Waals surface area contributed by atoms with Crippen molar-refractivity contribution >= 4 is 39.9 Å². The monoisotopic (exact) mass is 466 g/mol. The third kappa shape index (κ3) is 6.48. The minimum absolute atomic E-state index is 0. The number of halogens is 2. The van der Waals surface area contributed by atoms with Crippen LogP contribution in [0, 0.1) is 0 Å². The quantitative estimate of drug-likeness (QED) is 0.725. The van der Waals surface area contributed by atoms with Gasteiger partial charge in [0.05, 0.1) is 6.54 Å². The number of benzene rings is 2. The Kier molecular flexibility index (Phi) is 9.25. The van der Waals surface area contributed by atoms with Crippen molar-refractivity contribution in [1.29, 1.82) is 0 Å². The third-order valence-electron chi connectivity index (χ3n) is 4.86. The molecule has 2 aromatic carbocycles. The average molecular weight is 468 g/mol. The Morgan fingerprint density at radius 3 is 2.64 bits per heavy atom. The standard InChI is InChI=1S/C21H27BrN4O.ClH/c22-19-7-8-20-18(13-19)16-26(21(27)14-23)12-11-25(10-4-9-24-20)15-17-5-2-1-3-6-17;/h1-3,5-8,13,24H,4,9-12,14-16,23H2;1H. The number of nitrogens with two attached hydrogens (primary N) is 1. The van der Waals surface area contributed by atoms with Crippen LogP contribution in [0.15, 0.2) is 53.0 Å². The molecule has 28 heavy (non-hydrogen) atoms. The van der Waals surface area contributed by atoms with Crippen molar-refractivity contribution in [2.75, 3.05) is 38.0 Å². The predicted octanol–water partition coefficient (Wildman–Crippen LogP) is 3.48. The van der Waals surface area contributed by atoms with Crippen LogP contribution in [0.3, 0.4) is 0 Å². The van der Waals surface area contributed by atoms with Gasteiger partial charge in [-0.25, -0.2) is 0 Å². The van der Waals surface area contributed by atoms with Crippen LogP contribution in [0.25, 0.3) is 0 Å². The Morgan fingerprint density at radius 2 is 1.89 bits per heavy atom. The number of amides is 1. The molecule has 0 spiro atoms. The summed E-state index contributed by atoms with van der Waals surface area (Å²) >= 11 is 3.54. The molecular formula is C21H28BrClN4O. The molecule has 3 rings (SSSR count). The summed E-state index contributed by atoms with van der Waals surface area (Å²) in [6.07, 6.45) is 1.05. The lowest BCUT2D eigenvalue weighted by molar-refractivity contribution is -0.130. The lowest BCUT2D eigenvalue weighted by Crippen LogP contribution is -2.41. The van der Waals surface area contributed by atoms with Gasteiger partial charge in [0.25, 0.3) is 0 Å². The first kappa shape index (κ1) is 22.7. The number of hydrogen-bond donors (Lipinski definition) is 2. The summed E-state index contributed by atoms with van der Waals surface area (Å²) in [5.74, 6) is -0.0140. The zero-order chi connectivity index (χ0) is 19.1. The largest absolute Gasteiger partial charge is 0.385 e. The second-order valence-electron chi connectivity index (χ2n) is 6.86. The minimum Gasteiger partial charge on any atom is -0.385 e. The summed E-state index contributed by atoms with van der Waals surface area (Å²) in [5.41, 5.74) is 9.17. The van der Waals surface area contributed by atoms with Crippen molar-refractivity contribution in [2.24, 2.45) is 5.73 Å². The van der Waals surface area contributed by atoms with E-state index in [1.165, 1.54) is 5.56 Å². The maximum atomic E-state index is 12.4. The van der Waals surface area contributed by atoms with Gasteiger partial charge in [0, 0.05) is 49.4 Å². The summed E-state index contributed by atoms with van der Waals surface area (Å²) in [4.78, 5) is 16.7. The molecule has 0 unspecified atom stereocenters. The molecule has 1 amide bonds. The van der Waals surface area contributed by atoms with E-state index in [1.54, 1.807) is 0 Å². The molecular weight excluding hydrogens is 440 g/mol. The molecule has 0 aliphatic carbocycles. The van der Waals surface area contributed by atoms with Crippen molar-refractivity contribution < 1.29 is 4.79 Å². The van der Waals surface area contributed by atoms with E-state index < -0.39 is 0 Å². The highest BCUT2D eigenvalue weighted by atomic mass is 79.9. The average Bonchev–Trinajstić information content (AvgIpc) is 2.72. The van der Waals surface area contributed by atoms with Crippen LogP contribution >= 0.6 is 28.3 Å². The summed E-state index contributed by atoms with van der Waals surface area (Å²) in [5, 5.41) is 3.53. The van der Waals surface area contributed by atoms with Crippen molar-refractivity contribution in [3.63, 3.8) is 0 Å². The second-order valence-corrected chi connectivity index (χ2v) is 7.78. The highest BCUT2D eigenvalue weighted by Crippen LogP contribution is 2.23. The Bertz CT molecular complexity index is 759. The molecule has 0 radical (unpaired) electrons. The van der Waals surface area contributed by atoms with Gasteiger partial charge >= 0.3 is 0 Å². The smallest absolute Gasteiger partial charge is 0.236 e. The molecule has 3 N–H and O–H groups in total. The zero-order valence-corrected chi connectivity index (χ0v) is 18.3. The van der Waals surface area contributed by atoms with E-state index in [1.807, 2.05) is 17.0 Å². The van der Waals surface area contributed by atoms with Crippen molar-refractivity contribution in [3.05, 3.63) is 64.1 Å². The normalized spacial score (nSPS) is 15.6. The van der Waals surface area contributed by atoms with Crippen LogP contribution in [0.2, 0.25) is 0 Å².